The summed E-state index contributed by atoms with van der Waals surface area (Å²) >= 11 is 1.09. The number of carbonyl (C=O) groups is 2. The number of alkyl halides is 3. The first-order valence-corrected chi connectivity index (χ1v) is 12.5. The molecule has 0 saturated carbocycles. The zero-order chi connectivity index (χ0) is 26.7. The number of aliphatic hydroxyl groups excluding tert-OH is 1. The smallest absolute Gasteiger partial charge is 0.392 e. The van der Waals surface area contributed by atoms with Crippen molar-refractivity contribution in [3.8, 4) is 0 Å². The fraction of sp³-hybridized carbons (Fsp3) is 0.400. The van der Waals surface area contributed by atoms with E-state index < -0.39 is 30.8 Å². The summed E-state index contributed by atoms with van der Waals surface area (Å²) in [7, 11) is 1.64. The monoisotopic (exact) mass is 536 g/mol. The van der Waals surface area contributed by atoms with Gasteiger partial charge in [0.2, 0.25) is 5.91 Å². The first kappa shape index (κ1) is 26.8. The van der Waals surface area contributed by atoms with E-state index in [0.717, 1.165) is 16.0 Å². The van der Waals surface area contributed by atoms with Crippen LogP contribution in [0.25, 0.3) is 10.2 Å². The van der Waals surface area contributed by atoms with Gasteiger partial charge in [0.15, 0.2) is 0 Å². The fourth-order valence-corrected chi connectivity index (χ4v) is 5.14. The Morgan fingerprint density at radius 1 is 1.27 bits per heavy atom. The van der Waals surface area contributed by atoms with E-state index in [4.69, 9.17) is 0 Å². The predicted molar refractivity (Wildman–Crippen MR) is 134 cm³/mol. The number of β-amino-alcohol motifs (C(OH)–C–C–N with tert-alkyl or cyclic N) is 1. The standard InChI is InChI=1S/C25H27F3N4O4S/c1-31(22(34)10-15-5-6-21-19(9-15)30-24(36)37-21)20(13-32-8-7-18(33)12-32)16-3-2-4-17(11-16)23(35)29-14-25(26,27)28/h2-6,9,11,18,20,33H,7-8,10,12-14H2,1H3,(H,29,35)(H,30,36)/t18-,20?/m0/s1. The first-order valence-electron chi connectivity index (χ1n) is 11.7. The van der Waals surface area contributed by atoms with Crippen LogP contribution in [0.15, 0.2) is 47.3 Å². The Morgan fingerprint density at radius 2 is 2.05 bits per heavy atom. The Morgan fingerprint density at radius 3 is 2.76 bits per heavy atom. The van der Waals surface area contributed by atoms with Gasteiger partial charge in [-0.3, -0.25) is 19.3 Å². The van der Waals surface area contributed by atoms with Crippen LogP contribution in [0.4, 0.5) is 13.2 Å². The van der Waals surface area contributed by atoms with E-state index in [-0.39, 0.29) is 22.8 Å². The summed E-state index contributed by atoms with van der Waals surface area (Å²) in [5.74, 6) is -1.07. The highest BCUT2D eigenvalue weighted by Gasteiger charge is 2.30. The summed E-state index contributed by atoms with van der Waals surface area (Å²) in [6.45, 7) is 0.00716. The number of likely N-dealkylation sites (N-methyl/N-ethyl adjacent to an activating group) is 1. The number of aliphatic hydroxyl groups is 1. The number of hydrogen-bond acceptors (Lipinski definition) is 6. The molecule has 2 heterocycles. The molecular formula is C25H27F3N4O4S. The van der Waals surface area contributed by atoms with Crippen LogP contribution < -0.4 is 10.2 Å². The Hall–Kier alpha value is -3.22. The number of fused-ring (bicyclic) bond motifs is 1. The molecule has 1 aliphatic heterocycles. The average Bonchev–Trinajstić information content (AvgIpc) is 3.43. The second kappa shape index (κ2) is 11.0. The number of aromatic amines is 1. The van der Waals surface area contributed by atoms with Gasteiger partial charge in [-0.05, 0) is 41.8 Å². The van der Waals surface area contributed by atoms with Crippen molar-refractivity contribution in [3.05, 3.63) is 68.8 Å². The maximum atomic E-state index is 13.3. The van der Waals surface area contributed by atoms with Crippen molar-refractivity contribution in [1.29, 1.82) is 0 Å². The van der Waals surface area contributed by atoms with E-state index in [0.29, 0.717) is 42.7 Å². The van der Waals surface area contributed by atoms with E-state index >= 15 is 0 Å². The topological polar surface area (TPSA) is 106 Å². The third-order valence-electron chi connectivity index (χ3n) is 6.36. The normalized spacial score (nSPS) is 17.2. The average molecular weight is 537 g/mol. The van der Waals surface area contributed by atoms with E-state index in [1.807, 2.05) is 10.2 Å². The zero-order valence-electron chi connectivity index (χ0n) is 20.0. The third-order valence-corrected chi connectivity index (χ3v) is 7.22. The lowest BCUT2D eigenvalue weighted by Gasteiger charge is -2.32. The molecule has 8 nitrogen and oxygen atoms in total. The molecule has 0 bridgehead atoms. The van der Waals surface area contributed by atoms with Gasteiger partial charge in [-0.25, -0.2) is 0 Å². The largest absolute Gasteiger partial charge is 0.405 e. The molecule has 4 rings (SSSR count). The molecule has 2 amide bonds. The molecule has 2 aromatic carbocycles. The highest BCUT2D eigenvalue weighted by molar-refractivity contribution is 7.16. The van der Waals surface area contributed by atoms with E-state index in [1.54, 1.807) is 42.3 Å². The molecule has 0 spiro atoms. The predicted octanol–water partition coefficient (Wildman–Crippen LogP) is 2.69. The number of hydrogen-bond donors (Lipinski definition) is 3. The number of halogens is 3. The zero-order valence-corrected chi connectivity index (χ0v) is 20.9. The van der Waals surface area contributed by atoms with Crippen molar-refractivity contribution >= 4 is 33.4 Å². The van der Waals surface area contributed by atoms with Crippen LogP contribution in [0.2, 0.25) is 0 Å². The number of carbonyl (C=O) groups excluding carboxylic acids is 2. The van der Waals surface area contributed by atoms with Crippen molar-refractivity contribution < 1.29 is 27.9 Å². The quantitative estimate of drug-likeness (QED) is 0.411. The summed E-state index contributed by atoms with van der Waals surface area (Å²) in [5, 5.41) is 11.8. The SMILES string of the molecule is CN(C(=O)Cc1ccc2sc(=O)[nH]c2c1)C(CN1CC[C@H](O)C1)c1cccc(C(=O)NCC(F)(F)F)c1. The summed E-state index contributed by atoms with van der Waals surface area (Å²) in [4.78, 5) is 43.4. The summed E-state index contributed by atoms with van der Waals surface area (Å²) in [6.07, 6.45) is -4.34. The molecule has 12 heteroatoms. The van der Waals surface area contributed by atoms with E-state index in [1.165, 1.54) is 12.1 Å². The van der Waals surface area contributed by atoms with Crippen molar-refractivity contribution in [3.63, 3.8) is 0 Å². The first-order chi connectivity index (χ1) is 17.5. The second-order valence-corrected chi connectivity index (χ2v) is 10.2. The minimum Gasteiger partial charge on any atom is -0.392 e. The maximum Gasteiger partial charge on any atom is 0.405 e. The summed E-state index contributed by atoms with van der Waals surface area (Å²) < 4.78 is 38.5. The van der Waals surface area contributed by atoms with Gasteiger partial charge in [0.05, 0.1) is 28.8 Å². The van der Waals surface area contributed by atoms with Gasteiger partial charge >= 0.3 is 11.0 Å². The number of nitrogens with zero attached hydrogens (tertiary/aromatic N) is 2. The summed E-state index contributed by atoms with van der Waals surface area (Å²) in [5.41, 5.74) is 2.02. The van der Waals surface area contributed by atoms with Gasteiger partial charge in [-0.15, -0.1) is 0 Å². The number of rotatable bonds is 8. The molecule has 198 valence electrons. The van der Waals surface area contributed by atoms with E-state index in [9.17, 15) is 32.7 Å². The van der Waals surface area contributed by atoms with Crippen LogP contribution >= 0.6 is 11.3 Å². The molecule has 2 atom stereocenters. The van der Waals surface area contributed by atoms with Crippen LogP contribution in [0.5, 0.6) is 0 Å². The van der Waals surface area contributed by atoms with Crippen LogP contribution in [0, 0.1) is 0 Å². The Kier molecular flexibility index (Phi) is 8.00. The van der Waals surface area contributed by atoms with Crippen molar-refractivity contribution in [1.82, 2.24) is 20.1 Å². The molecule has 37 heavy (non-hydrogen) atoms. The lowest BCUT2D eigenvalue weighted by molar-refractivity contribution is -0.131. The summed E-state index contributed by atoms with van der Waals surface area (Å²) in [6, 6.07) is 11.0. The number of aromatic nitrogens is 1. The highest BCUT2D eigenvalue weighted by Crippen LogP contribution is 2.26. The Labute approximate surface area is 214 Å². The van der Waals surface area contributed by atoms with Gasteiger partial charge in [-0.2, -0.15) is 13.2 Å². The number of H-pyrrole nitrogens is 1. The van der Waals surface area contributed by atoms with E-state index in [2.05, 4.69) is 4.98 Å². The number of amides is 2. The molecule has 1 aromatic heterocycles. The number of likely N-dealkylation sites (tertiary alicyclic amines) is 1. The molecule has 0 aliphatic carbocycles. The minimum absolute atomic E-state index is 0.0564. The van der Waals surface area contributed by atoms with Crippen molar-refractivity contribution in [2.24, 2.45) is 0 Å². The van der Waals surface area contributed by atoms with Gasteiger partial charge in [0, 0.05) is 32.2 Å². The molecule has 3 N–H and O–H groups in total. The molecular weight excluding hydrogens is 509 g/mol. The van der Waals surface area contributed by atoms with Gasteiger partial charge in [-0.1, -0.05) is 29.5 Å². The van der Waals surface area contributed by atoms with Gasteiger partial charge < -0.3 is 20.3 Å². The molecule has 1 aliphatic rings. The minimum atomic E-state index is -4.53. The van der Waals surface area contributed by atoms with Crippen LogP contribution in [0.3, 0.4) is 0 Å². The van der Waals surface area contributed by atoms with Crippen molar-refractivity contribution in [2.45, 2.75) is 31.2 Å². The van der Waals surface area contributed by atoms with Crippen molar-refractivity contribution in [2.75, 3.05) is 33.2 Å². The van der Waals surface area contributed by atoms with Crippen LogP contribution in [-0.2, 0) is 11.2 Å². The maximum absolute atomic E-state index is 13.3. The third kappa shape index (κ3) is 6.96. The Bertz CT molecular complexity index is 1340. The van der Waals surface area contributed by atoms with Crippen LogP contribution in [-0.4, -0.2) is 77.2 Å². The van der Waals surface area contributed by atoms with Crippen LogP contribution in [0.1, 0.15) is 33.9 Å². The number of thiazole rings is 1. The molecule has 1 fully saturated rings. The molecule has 1 saturated heterocycles. The lowest BCUT2D eigenvalue weighted by atomic mass is 10.0. The fourth-order valence-electron chi connectivity index (χ4n) is 4.43. The lowest BCUT2D eigenvalue weighted by Crippen LogP contribution is -2.40. The Balaban J connectivity index is 1.56. The molecule has 1 unspecified atom stereocenters. The molecule has 0 radical (unpaired) electrons. The van der Waals surface area contributed by atoms with Gasteiger partial charge in [0.25, 0.3) is 5.91 Å². The second-order valence-electron chi connectivity index (χ2n) is 9.17. The van der Waals surface area contributed by atoms with Gasteiger partial charge in [0.1, 0.15) is 6.54 Å². The number of nitrogens with one attached hydrogen (secondary N) is 2. The number of benzene rings is 2. The molecule has 3 aromatic rings. The highest BCUT2D eigenvalue weighted by atomic mass is 32.1.